The molecule has 1 aromatic heterocycles. The summed E-state index contributed by atoms with van der Waals surface area (Å²) in [7, 11) is 1.69. The Morgan fingerprint density at radius 3 is 2.57 bits per heavy atom. The minimum atomic E-state index is -2.57. The van der Waals surface area contributed by atoms with Crippen LogP contribution in [0.15, 0.2) is 83.8 Å². The van der Waals surface area contributed by atoms with Gasteiger partial charge >= 0.3 is 0 Å². The zero-order valence-electron chi connectivity index (χ0n) is 23.7. The molecule has 222 valence electrons. The van der Waals surface area contributed by atoms with Crippen molar-refractivity contribution in [2.24, 2.45) is 17.1 Å². The Labute approximate surface area is 248 Å². The molecule has 1 heterocycles. The summed E-state index contributed by atoms with van der Waals surface area (Å²) in [6.45, 7) is 2.55. The molecule has 3 atom stereocenters. The van der Waals surface area contributed by atoms with E-state index in [9.17, 15) is 23.5 Å². The summed E-state index contributed by atoms with van der Waals surface area (Å²) < 4.78 is 26.3. The Kier molecular flexibility index (Phi) is 10.4. The number of nitrogens with two attached hydrogens (primary N) is 1. The van der Waals surface area contributed by atoms with Crippen LogP contribution >= 0.6 is 11.3 Å². The molecule has 0 fully saturated rings. The average molecular weight is 595 g/mol. The first-order chi connectivity index (χ1) is 20.1. The maximum atomic E-state index is 13.5. The van der Waals surface area contributed by atoms with Crippen LogP contribution in [0.1, 0.15) is 40.2 Å². The van der Waals surface area contributed by atoms with E-state index in [4.69, 9.17) is 5.73 Å². The molecule has 0 saturated carbocycles. The first-order valence-electron chi connectivity index (χ1n) is 13.7. The number of allylic oxidation sites excluding steroid dienone is 2. The molecule has 0 radical (unpaired) electrons. The number of likely N-dealkylation sites (N-methyl/N-ethyl adjacent to an activating group) is 1. The Morgan fingerprint density at radius 2 is 1.90 bits per heavy atom. The van der Waals surface area contributed by atoms with E-state index in [0.29, 0.717) is 24.1 Å². The van der Waals surface area contributed by atoms with Crippen molar-refractivity contribution in [3.63, 3.8) is 0 Å². The Hall–Kier alpha value is -3.73. The highest BCUT2D eigenvalue weighted by Gasteiger charge is 2.47. The SMILES string of the molecule is Cc1csc(CN(C)C(=O)C2=CC=CC(C(N)=O)([C@H](Cc3ccccc3)[C@@H](O)CNCc3cccc(C(F)F)c3)C2)n1. The lowest BCUT2D eigenvalue weighted by molar-refractivity contribution is -0.131. The van der Waals surface area contributed by atoms with E-state index in [1.807, 2.05) is 42.6 Å². The van der Waals surface area contributed by atoms with Crippen LogP contribution in [0.5, 0.6) is 0 Å². The number of hydrogen-bond donors (Lipinski definition) is 3. The largest absolute Gasteiger partial charge is 0.391 e. The van der Waals surface area contributed by atoms with Crippen LogP contribution in [0.4, 0.5) is 8.78 Å². The van der Waals surface area contributed by atoms with Crippen molar-refractivity contribution in [2.75, 3.05) is 13.6 Å². The van der Waals surface area contributed by atoms with E-state index in [0.717, 1.165) is 16.3 Å². The van der Waals surface area contributed by atoms with Crippen LogP contribution in [-0.2, 0) is 29.1 Å². The molecule has 7 nitrogen and oxygen atoms in total. The number of rotatable bonds is 13. The van der Waals surface area contributed by atoms with E-state index in [1.165, 1.54) is 23.5 Å². The number of primary amides is 1. The molecule has 4 rings (SSSR count). The van der Waals surface area contributed by atoms with E-state index < -0.39 is 29.8 Å². The predicted molar refractivity (Wildman–Crippen MR) is 160 cm³/mol. The molecule has 1 aliphatic rings. The van der Waals surface area contributed by atoms with Crippen molar-refractivity contribution in [3.05, 3.63) is 111 Å². The summed E-state index contributed by atoms with van der Waals surface area (Å²) in [5.41, 5.74) is 7.50. The van der Waals surface area contributed by atoms with Crippen LogP contribution < -0.4 is 11.1 Å². The van der Waals surface area contributed by atoms with Gasteiger partial charge in [0.05, 0.1) is 18.1 Å². The molecule has 0 aliphatic heterocycles. The van der Waals surface area contributed by atoms with Crippen LogP contribution in [0, 0.1) is 18.3 Å². The fraction of sp³-hybridized carbons (Fsp3) is 0.344. The highest BCUT2D eigenvalue weighted by Crippen LogP contribution is 2.43. The van der Waals surface area contributed by atoms with E-state index in [2.05, 4.69) is 10.3 Å². The Morgan fingerprint density at radius 1 is 1.17 bits per heavy atom. The van der Waals surface area contributed by atoms with Crippen LogP contribution in [-0.4, -0.2) is 46.5 Å². The Bertz CT molecular complexity index is 1440. The zero-order chi connectivity index (χ0) is 30.3. The quantitative estimate of drug-likeness (QED) is 0.266. The molecule has 0 bridgehead atoms. The summed E-state index contributed by atoms with van der Waals surface area (Å²) >= 11 is 1.47. The van der Waals surface area contributed by atoms with Crippen molar-refractivity contribution < 1.29 is 23.5 Å². The standard InChI is InChI=1S/C32H36F2N4O3S/c1-21-20-42-28(37-21)19-38(2)30(40)25-12-7-13-32(16-25,31(35)41)26(15-22-8-4-3-5-9-22)27(39)18-36-17-23-10-6-11-24(14-23)29(33)34/h3-14,20,26-27,29,36,39H,15-19H2,1-2H3,(H2,35,41)/t26-,27+,32?/m1/s1. The number of carbonyl (C=O) groups excluding carboxylic acids is 2. The maximum Gasteiger partial charge on any atom is 0.263 e. The minimum absolute atomic E-state index is 0.0316. The second-order valence-corrected chi connectivity index (χ2v) is 11.7. The summed E-state index contributed by atoms with van der Waals surface area (Å²) in [6.07, 6.45) is 1.78. The number of amides is 2. The summed E-state index contributed by atoms with van der Waals surface area (Å²) in [6, 6.07) is 15.6. The van der Waals surface area contributed by atoms with Gasteiger partial charge < -0.3 is 21.1 Å². The number of thiazole rings is 1. The molecule has 1 aliphatic carbocycles. The van der Waals surface area contributed by atoms with E-state index in [-0.39, 0.29) is 31.0 Å². The molecular weight excluding hydrogens is 558 g/mol. The third-order valence-electron chi connectivity index (χ3n) is 7.60. The molecule has 2 aromatic carbocycles. The number of nitrogens with zero attached hydrogens (tertiary/aromatic N) is 2. The number of benzene rings is 2. The fourth-order valence-electron chi connectivity index (χ4n) is 5.39. The van der Waals surface area contributed by atoms with Crippen molar-refractivity contribution in [1.82, 2.24) is 15.2 Å². The van der Waals surface area contributed by atoms with Gasteiger partial charge in [-0.05, 0) is 37.0 Å². The van der Waals surface area contributed by atoms with Gasteiger partial charge in [-0.3, -0.25) is 9.59 Å². The molecule has 1 unspecified atom stereocenters. The minimum Gasteiger partial charge on any atom is -0.391 e. The van der Waals surface area contributed by atoms with Crippen LogP contribution in [0.3, 0.4) is 0 Å². The van der Waals surface area contributed by atoms with Crippen molar-refractivity contribution >= 4 is 23.2 Å². The number of aliphatic hydroxyl groups is 1. The normalized spacial score (nSPS) is 18.0. The second-order valence-electron chi connectivity index (χ2n) is 10.7. The lowest BCUT2D eigenvalue weighted by Gasteiger charge is -2.41. The number of aromatic nitrogens is 1. The van der Waals surface area contributed by atoms with Gasteiger partial charge in [0.25, 0.3) is 6.43 Å². The van der Waals surface area contributed by atoms with Crippen molar-refractivity contribution in [3.8, 4) is 0 Å². The first-order valence-corrected chi connectivity index (χ1v) is 14.6. The smallest absolute Gasteiger partial charge is 0.263 e. The van der Waals surface area contributed by atoms with Gasteiger partial charge in [-0.25, -0.2) is 13.8 Å². The molecule has 10 heteroatoms. The number of aryl methyl sites for hydroxylation is 1. The average Bonchev–Trinajstić information content (AvgIpc) is 3.40. The highest BCUT2D eigenvalue weighted by molar-refractivity contribution is 7.09. The van der Waals surface area contributed by atoms with Gasteiger partial charge in [0.1, 0.15) is 5.01 Å². The van der Waals surface area contributed by atoms with Gasteiger partial charge in [-0.15, -0.1) is 11.3 Å². The number of halogens is 2. The number of aliphatic hydroxyl groups excluding tert-OH is 1. The number of alkyl halides is 2. The summed E-state index contributed by atoms with van der Waals surface area (Å²) in [5.74, 6) is -1.57. The number of hydrogen-bond acceptors (Lipinski definition) is 6. The highest BCUT2D eigenvalue weighted by atomic mass is 32.1. The number of carbonyl (C=O) groups is 2. The van der Waals surface area contributed by atoms with E-state index >= 15 is 0 Å². The lowest BCUT2D eigenvalue weighted by atomic mass is 9.64. The molecule has 3 aromatic rings. The lowest BCUT2D eigenvalue weighted by Crippen LogP contribution is -2.51. The van der Waals surface area contributed by atoms with Gasteiger partial charge in [0.15, 0.2) is 0 Å². The molecule has 0 spiro atoms. The monoisotopic (exact) mass is 594 g/mol. The van der Waals surface area contributed by atoms with Crippen LogP contribution in [0.2, 0.25) is 0 Å². The van der Waals surface area contributed by atoms with Crippen molar-refractivity contribution in [1.29, 1.82) is 0 Å². The van der Waals surface area contributed by atoms with Crippen molar-refractivity contribution in [2.45, 2.75) is 45.4 Å². The fourth-order valence-corrected chi connectivity index (χ4v) is 6.22. The van der Waals surface area contributed by atoms with Gasteiger partial charge in [0.2, 0.25) is 11.8 Å². The molecule has 42 heavy (non-hydrogen) atoms. The maximum absolute atomic E-state index is 13.5. The Balaban J connectivity index is 1.55. The zero-order valence-corrected chi connectivity index (χ0v) is 24.5. The third-order valence-corrected chi connectivity index (χ3v) is 8.55. The first kappa shape index (κ1) is 31.2. The number of nitrogens with one attached hydrogen (secondary N) is 1. The predicted octanol–water partition coefficient (Wildman–Crippen LogP) is 4.72. The summed E-state index contributed by atoms with van der Waals surface area (Å²) in [5, 5.41) is 17.4. The second kappa shape index (κ2) is 14.0. The van der Waals surface area contributed by atoms with Gasteiger partial charge in [0, 0.05) is 48.3 Å². The van der Waals surface area contributed by atoms with Gasteiger partial charge in [-0.2, -0.15) is 0 Å². The van der Waals surface area contributed by atoms with Gasteiger partial charge in [-0.1, -0.05) is 66.8 Å². The molecule has 4 N–H and O–H groups in total. The molecule has 0 saturated heterocycles. The van der Waals surface area contributed by atoms with E-state index in [1.54, 1.807) is 42.3 Å². The summed E-state index contributed by atoms with van der Waals surface area (Å²) in [4.78, 5) is 32.7. The third kappa shape index (κ3) is 7.56. The molecule has 2 amide bonds. The van der Waals surface area contributed by atoms with Crippen LogP contribution in [0.25, 0.3) is 0 Å². The topological polar surface area (TPSA) is 109 Å². The molecular formula is C32H36F2N4O3S.